The Bertz CT molecular complexity index is 1120. The van der Waals surface area contributed by atoms with Gasteiger partial charge >= 0.3 is 0 Å². The lowest BCUT2D eigenvalue weighted by molar-refractivity contribution is 0.284. The third-order valence-electron chi connectivity index (χ3n) is 4.04. The third kappa shape index (κ3) is 4.52. The van der Waals surface area contributed by atoms with Crippen molar-refractivity contribution in [2.75, 3.05) is 7.11 Å². The van der Waals surface area contributed by atoms with Crippen LogP contribution >= 0.6 is 12.2 Å². The molecule has 3 aromatic rings. The van der Waals surface area contributed by atoms with Gasteiger partial charge in [0.25, 0.3) is 5.56 Å². The van der Waals surface area contributed by atoms with Crippen molar-refractivity contribution in [1.29, 1.82) is 0 Å². The number of nitrogens with zero attached hydrogens (tertiary/aromatic N) is 3. The van der Waals surface area contributed by atoms with Gasteiger partial charge in [0.1, 0.15) is 12.3 Å². The number of aryl methyl sites for hydroxylation is 2. The number of ether oxygens (including phenoxy) is 2. The van der Waals surface area contributed by atoms with E-state index in [0.29, 0.717) is 18.1 Å². The second kappa shape index (κ2) is 8.62. The van der Waals surface area contributed by atoms with Crippen molar-refractivity contribution in [3.63, 3.8) is 0 Å². The second-order valence-electron chi connectivity index (χ2n) is 6.16. The van der Waals surface area contributed by atoms with Gasteiger partial charge in [-0.1, -0.05) is 29.8 Å². The predicted molar refractivity (Wildman–Crippen MR) is 110 cm³/mol. The first-order chi connectivity index (χ1) is 13.5. The minimum atomic E-state index is -0.370. The number of aromatic nitrogens is 3. The van der Waals surface area contributed by atoms with Gasteiger partial charge in [-0.25, -0.2) is 0 Å². The molecule has 0 saturated carbocycles. The maximum atomic E-state index is 12.1. The van der Waals surface area contributed by atoms with Crippen molar-refractivity contribution in [2.24, 2.45) is 5.10 Å². The average Bonchev–Trinajstić information content (AvgIpc) is 2.70. The minimum Gasteiger partial charge on any atom is -0.493 e. The Balaban J connectivity index is 1.79. The summed E-state index contributed by atoms with van der Waals surface area (Å²) in [5.74, 6) is 1.19. The summed E-state index contributed by atoms with van der Waals surface area (Å²) in [6.45, 7) is 4.07. The number of rotatable bonds is 6. The Kier molecular flexibility index (Phi) is 6.00. The average molecular weight is 396 g/mol. The monoisotopic (exact) mass is 396 g/mol. The molecule has 7 nitrogen and oxygen atoms in total. The first kappa shape index (κ1) is 19.5. The topological polar surface area (TPSA) is 81.5 Å². The van der Waals surface area contributed by atoms with Gasteiger partial charge in [-0.3, -0.25) is 9.89 Å². The molecule has 28 heavy (non-hydrogen) atoms. The molecule has 0 spiro atoms. The van der Waals surface area contributed by atoms with Gasteiger partial charge in [0.2, 0.25) is 4.77 Å². The number of methoxy groups -OCH3 is 1. The molecule has 0 aliphatic heterocycles. The van der Waals surface area contributed by atoms with Crippen LogP contribution in [0.4, 0.5) is 0 Å². The van der Waals surface area contributed by atoms with Crippen molar-refractivity contribution in [2.45, 2.75) is 20.5 Å². The number of benzene rings is 2. The molecule has 0 aliphatic carbocycles. The molecule has 0 unspecified atom stereocenters. The summed E-state index contributed by atoms with van der Waals surface area (Å²) < 4.78 is 12.5. The maximum Gasteiger partial charge on any atom is 0.296 e. The zero-order valence-corrected chi connectivity index (χ0v) is 16.6. The molecule has 2 aromatic carbocycles. The SMILES string of the molecule is COc1cc(/C=N\n2c(=S)[nH]nc(C)c2=O)ccc1OCc1ccc(C)cc1. The van der Waals surface area contributed by atoms with E-state index in [4.69, 9.17) is 21.7 Å². The molecule has 1 aromatic heterocycles. The van der Waals surface area contributed by atoms with E-state index in [9.17, 15) is 4.79 Å². The lowest BCUT2D eigenvalue weighted by Crippen LogP contribution is -2.22. The lowest BCUT2D eigenvalue weighted by atomic mass is 10.2. The third-order valence-corrected chi connectivity index (χ3v) is 4.30. The van der Waals surface area contributed by atoms with Crippen molar-refractivity contribution < 1.29 is 9.47 Å². The lowest BCUT2D eigenvalue weighted by Gasteiger charge is -2.11. The van der Waals surface area contributed by atoms with Gasteiger partial charge in [0, 0.05) is 0 Å². The molecular weight excluding hydrogens is 376 g/mol. The fraction of sp³-hybridized carbons (Fsp3) is 0.200. The van der Waals surface area contributed by atoms with Gasteiger partial charge < -0.3 is 9.47 Å². The Morgan fingerprint density at radius 2 is 1.93 bits per heavy atom. The fourth-order valence-corrected chi connectivity index (χ4v) is 2.61. The van der Waals surface area contributed by atoms with Crippen molar-refractivity contribution >= 4 is 18.4 Å². The molecule has 144 valence electrons. The van der Waals surface area contributed by atoms with E-state index in [-0.39, 0.29) is 16.0 Å². The van der Waals surface area contributed by atoms with Crippen LogP contribution in [0.1, 0.15) is 22.4 Å². The van der Waals surface area contributed by atoms with Gasteiger partial charge in [0.15, 0.2) is 11.5 Å². The van der Waals surface area contributed by atoms with E-state index in [1.807, 2.05) is 37.3 Å². The zero-order valence-electron chi connectivity index (χ0n) is 15.8. The van der Waals surface area contributed by atoms with Crippen LogP contribution in [0.5, 0.6) is 11.5 Å². The Morgan fingerprint density at radius 1 is 1.18 bits per heavy atom. The van der Waals surface area contributed by atoms with E-state index in [1.165, 1.54) is 11.8 Å². The van der Waals surface area contributed by atoms with Crippen LogP contribution in [0.3, 0.4) is 0 Å². The number of H-pyrrole nitrogens is 1. The summed E-state index contributed by atoms with van der Waals surface area (Å²) in [5.41, 5.74) is 2.91. The highest BCUT2D eigenvalue weighted by atomic mass is 32.1. The Morgan fingerprint density at radius 3 is 2.64 bits per heavy atom. The minimum absolute atomic E-state index is 0.122. The van der Waals surface area contributed by atoms with Crippen molar-refractivity contribution in [3.05, 3.63) is 80.0 Å². The number of nitrogens with one attached hydrogen (secondary N) is 1. The molecule has 1 N–H and O–H groups in total. The van der Waals surface area contributed by atoms with E-state index in [1.54, 1.807) is 26.2 Å². The summed E-state index contributed by atoms with van der Waals surface area (Å²) in [6.07, 6.45) is 1.52. The van der Waals surface area contributed by atoms with E-state index >= 15 is 0 Å². The molecule has 0 bridgehead atoms. The van der Waals surface area contributed by atoms with Crippen LogP contribution in [-0.4, -0.2) is 28.2 Å². The van der Waals surface area contributed by atoms with Crippen molar-refractivity contribution in [1.82, 2.24) is 14.9 Å². The van der Waals surface area contributed by atoms with Crippen LogP contribution < -0.4 is 15.0 Å². The Hall–Kier alpha value is -3.26. The van der Waals surface area contributed by atoms with E-state index in [2.05, 4.69) is 15.3 Å². The van der Waals surface area contributed by atoms with Crippen LogP contribution in [0.25, 0.3) is 0 Å². The fourth-order valence-electron chi connectivity index (χ4n) is 2.43. The first-order valence-corrected chi connectivity index (χ1v) is 8.98. The highest BCUT2D eigenvalue weighted by Crippen LogP contribution is 2.28. The van der Waals surface area contributed by atoms with Gasteiger partial charge in [-0.15, -0.1) is 0 Å². The molecule has 3 rings (SSSR count). The molecule has 8 heteroatoms. The van der Waals surface area contributed by atoms with Crippen molar-refractivity contribution in [3.8, 4) is 11.5 Å². The molecule has 0 amide bonds. The van der Waals surface area contributed by atoms with Crippen LogP contribution in [0.2, 0.25) is 0 Å². The standard InChI is InChI=1S/C20H20N4O3S/c1-13-4-6-15(7-5-13)12-27-17-9-8-16(10-18(17)26-3)11-21-24-19(25)14(2)22-23-20(24)28/h4-11H,12H2,1-3H3,(H,23,28)/b21-11-. The highest BCUT2D eigenvalue weighted by molar-refractivity contribution is 7.71. The highest BCUT2D eigenvalue weighted by Gasteiger charge is 2.06. The molecule has 0 fully saturated rings. The van der Waals surface area contributed by atoms with E-state index < -0.39 is 0 Å². The molecule has 0 saturated heterocycles. The molecular formula is C20H20N4O3S. The van der Waals surface area contributed by atoms with Crippen LogP contribution in [-0.2, 0) is 6.61 Å². The van der Waals surface area contributed by atoms with Gasteiger partial charge in [0.05, 0.1) is 13.3 Å². The normalized spacial score (nSPS) is 11.0. The second-order valence-corrected chi connectivity index (χ2v) is 6.55. The van der Waals surface area contributed by atoms with Gasteiger partial charge in [-0.05, 0) is 55.4 Å². The van der Waals surface area contributed by atoms with Crippen LogP contribution in [0.15, 0.2) is 52.4 Å². The molecule has 0 aliphatic rings. The smallest absolute Gasteiger partial charge is 0.296 e. The summed E-state index contributed by atoms with van der Waals surface area (Å²) in [5, 5.41) is 10.5. The van der Waals surface area contributed by atoms with Crippen LogP contribution in [0, 0.1) is 18.6 Å². The number of hydrogen-bond acceptors (Lipinski definition) is 6. The number of hydrogen-bond donors (Lipinski definition) is 1. The quantitative estimate of drug-likeness (QED) is 0.510. The predicted octanol–water partition coefficient (Wildman–Crippen LogP) is 3.39. The summed E-state index contributed by atoms with van der Waals surface area (Å²) >= 11 is 5.06. The molecule has 1 heterocycles. The molecule has 0 atom stereocenters. The largest absolute Gasteiger partial charge is 0.493 e. The number of aromatic amines is 1. The summed E-state index contributed by atoms with van der Waals surface area (Å²) in [6, 6.07) is 13.5. The molecule has 0 radical (unpaired) electrons. The zero-order chi connectivity index (χ0) is 20.1. The maximum absolute atomic E-state index is 12.1. The Labute approximate surface area is 167 Å². The van der Waals surface area contributed by atoms with Gasteiger partial charge in [-0.2, -0.15) is 14.9 Å². The van der Waals surface area contributed by atoms with E-state index in [0.717, 1.165) is 15.8 Å². The summed E-state index contributed by atoms with van der Waals surface area (Å²) in [4.78, 5) is 12.1. The summed E-state index contributed by atoms with van der Waals surface area (Å²) in [7, 11) is 1.57. The first-order valence-electron chi connectivity index (χ1n) is 8.57.